The lowest BCUT2D eigenvalue weighted by atomic mass is 9.94. The van der Waals surface area contributed by atoms with Crippen molar-refractivity contribution in [3.8, 4) is 11.3 Å². The van der Waals surface area contributed by atoms with E-state index in [1.165, 1.54) is 12.8 Å². The molecule has 4 nitrogen and oxygen atoms in total. The molecule has 0 atom stereocenters. The highest BCUT2D eigenvalue weighted by Crippen LogP contribution is 2.37. The molecule has 1 aromatic carbocycles. The molecule has 132 valence electrons. The molecule has 1 aliphatic carbocycles. The summed E-state index contributed by atoms with van der Waals surface area (Å²) in [4.78, 5) is 15.4. The van der Waals surface area contributed by atoms with Crippen molar-refractivity contribution >= 4 is 5.91 Å². The van der Waals surface area contributed by atoms with Crippen molar-refractivity contribution in [1.82, 2.24) is 10.2 Å². The first-order chi connectivity index (χ1) is 12.3. The fraction of sp³-hybridized carbons (Fsp3) is 0.476. The molecule has 2 aromatic rings. The number of likely N-dealkylation sites (tertiary alicyclic amines) is 1. The van der Waals surface area contributed by atoms with Gasteiger partial charge < -0.3 is 9.73 Å². The molecular formula is C21H26N2O2. The first kappa shape index (κ1) is 16.4. The van der Waals surface area contributed by atoms with Gasteiger partial charge in [-0.3, -0.25) is 9.69 Å². The first-order valence-electron chi connectivity index (χ1n) is 9.45. The molecule has 1 aromatic heterocycles. The van der Waals surface area contributed by atoms with Crippen molar-refractivity contribution in [1.29, 1.82) is 0 Å². The van der Waals surface area contributed by atoms with Crippen LogP contribution in [0.4, 0.5) is 0 Å². The van der Waals surface area contributed by atoms with Crippen LogP contribution in [0.15, 0.2) is 46.9 Å². The molecule has 1 aliphatic heterocycles. The fourth-order valence-corrected chi connectivity index (χ4v) is 4.35. The Morgan fingerprint density at radius 2 is 1.72 bits per heavy atom. The quantitative estimate of drug-likeness (QED) is 0.897. The van der Waals surface area contributed by atoms with Gasteiger partial charge >= 0.3 is 0 Å². The van der Waals surface area contributed by atoms with Crippen LogP contribution < -0.4 is 5.32 Å². The molecule has 1 saturated heterocycles. The average molecular weight is 338 g/mol. The third kappa shape index (κ3) is 3.23. The van der Waals surface area contributed by atoms with E-state index in [1.807, 2.05) is 42.5 Å². The molecule has 0 spiro atoms. The Hall–Kier alpha value is -2.07. The van der Waals surface area contributed by atoms with Crippen LogP contribution in [0.5, 0.6) is 0 Å². The van der Waals surface area contributed by atoms with Crippen LogP contribution in [0.3, 0.4) is 0 Å². The second-order valence-electron chi connectivity index (χ2n) is 7.25. The number of nitrogens with zero attached hydrogens (tertiary/aromatic N) is 1. The largest absolute Gasteiger partial charge is 0.459 e. The number of amides is 1. The van der Waals surface area contributed by atoms with Crippen molar-refractivity contribution in [2.45, 2.75) is 50.6 Å². The van der Waals surface area contributed by atoms with Crippen molar-refractivity contribution in [2.24, 2.45) is 0 Å². The number of nitrogens with one attached hydrogen (secondary N) is 1. The Bertz CT molecular complexity index is 711. The minimum atomic E-state index is -0.272. The summed E-state index contributed by atoms with van der Waals surface area (Å²) in [6, 6.07) is 14.0. The summed E-state index contributed by atoms with van der Waals surface area (Å²) >= 11 is 0. The number of furan rings is 1. The van der Waals surface area contributed by atoms with E-state index in [9.17, 15) is 4.79 Å². The Balaban J connectivity index is 1.42. The lowest BCUT2D eigenvalue weighted by molar-refractivity contribution is -0.133. The number of benzene rings is 1. The van der Waals surface area contributed by atoms with Gasteiger partial charge in [-0.2, -0.15) is 0 Å². The molecule has 25 heavy (non-hydrogen) atoms. The van der Waals surface area contributed by atoms with E-state index in [0.717, 1.165) is 55.9 Å². The third-order valence-electron chi connectivity index (χ3n) is 5.71. The monoisotopic (exact) mass is 338 g/mol. The number of carbonyl (C=O) groups is 1. The summed E-state index contributed by atoms with van der Waals surface area (Å²) in [6.07, 6.45) is 6.73. The summed E-state index contributed by atoms with van der Waals surface area (Å²) in [7, 11) is 0. The van der Waals surface area contributed by atoms with Gasteiger partial charge in [-0.05, 0) is 50.9 Å². The second-order valence-corrected chi connectivity index (χ2v) is 7.25. The van der Waals surface area contributed by atoms with E-state index in [0.29, 0.717) is 6.54 Å². The van der Waals surface area contributed by atoms with E-state index in [4.69, 9.17) is 4.42 Å². The minimum Gasteiger partial charge on any atom is -0.459 e. The minimum absolute atomic E-state index is 0.185. The van der Waals surface area contributed by atoms with Gasteiger partial charge in [-0.25, -0.2) is 0 Å². The standard InChI is InChI=1S/C21H26N2O2/c24-20(21(12-4-5-13-21)23-14-6-7-15-23)22-16-18-10-11-19(25-18)17-8-2-1-3-9-17/h1-3,8-11H,4-7,12-16H2,(H,22,24). The number of hydrogen-bond acceptors (Lipinski definition) is 3. The van der Waals surface area contributed by atoms with E-state index < -0.39 is 0 Å². The summed E-state index contributed by atoms with van der Waals surface area (Å²) < 4.78 is 5.91. The Morgan fingerprint density at radius 3 is 2.44 bits per heavy atom. The highest BCUT2D eigenvalue weighted by atomic mass is 16.3. The fourth-order valence-electron chi connectivity index (χ4n) is 4.35. The van der Waals surface area contributed by atoms with Gasteiger partial charge in [0.05, 0.1) is 6.54 Å². The van der Waals surface area contributed by atoms with E-state index >= 15 is 0 Å². The molecule has 1 N–H and O–H groups in total. The van der Waals surface area contributed by atoms with Crippen LogP contribution >= 0.6 is 0 Å². The van der Waals surface area contributed by atoms with Gasteiger partial charge in [0.2, 0.25) is 5.91 Å². The van der Waals surface area contributed by atoms with Crippen molar-refractivity contribution in [3.05, 3.63) is 48.2 Å². The molecule has 2 heterocycles. The normalized spacial score (nSPS) is 20.0. The summed E-state index contributed by atoms with van der Waals surface area (Å²) in [5.41, 5.74) is 0.787. The van der Waals surface area contributed by atoms with Crippen LogP contribution in [-0.4, -0.2) is 29.4 Å². The Kier molecular flexibility index (Phi) is 4.62. The summed E-state index contributed by atoms with van der Waals surface area (Å²) in [6.45, 7) is 2.58. The second kappa shape index (κ2) is 7.04. The van der Waals surface area contributed by atoms with Crippen LogP contribution in [-0.2, 0) is 11.3 Å². The lowest BCUT2D eigenvalue weighted by Gasteiger charge is -2.37. The molecule has 0 bridgehead atoms. The topological polar surface area (TPSA) is 45.5 Å². The molecule has 1 amide bonds. The molecule has 4 heteroatoms. The number of hydrogen-bond donors (Lipinski definition) is 1. The highest BCUT2D eigenvalue weighted by Gasteiger charge is 2.46. The molecular weight excluding hydrogens is 312 g/mol. The van der Waals surface area contributed by atoms with Crippen LogP contribution in [0.2, 0.25) is 0 Å². The van der Waals surface area contributed by atoms with Crippen LogP contribution in [0.25, 0.3) is 11.3 Å². The van der Waals surface area contributed by atoms with Gasteiger partial charge in [-0.15, -0.1) is 0 Å². The zero-order valence-corrected chi connectivity index (χ0v) is 14.7. The maximum absolute atomic E-state index is 13.0. The van der Waals surface area contributed by atoms with Crippen molar-refractivity contribution in [3.63, 3.8) is 0 Å². The van der Waals surface area contributed by atoms with Gasteiger partial charge in [0.1, 0.15) is 17.1 Å². The zero-order chi connectivity index (χ0) is 17.1. The molecule has 0 unspecified atom stereocenters. The SMILES string of the molecule is O=C(NCc1ccc(-c2ccccc2)o1)C1(N2CCCC2)CCCC1. The van der Waals surface area contributed by atoms with Crippen molar-refractivity contribution in [2.75, 3.05) is 13.1 Å². The molecule has 2 aliphatic rings. The average Bonchev–Trinajstić information content (AvgIpc) is 3.42. The number of carbonyl (C=O) groups excluding carboxylic acids is 1. The van der Waals surface area contributed by atoms with Gasteiger partial charge in [0.15, 0.2) is 0 Å². The predicted octanol–water partition coefficient (Wildman–Crippen LogP) is 3.97. The molecule has 0 radical (unpaired) electrons. The van der Waals surface area contributed by atoms with E-state index in [-0.39, 0.29) is 11.4 Å². The maximum Gasteiger partial charge on any atom is 0.240 e. The first-order valence-corrected chi connectivity index (χ1v) is 9.45. The van der Waals surface area contributed by atoms with Gasteiger partial charge in [-0.1, -0.05) is 43.2 Å². The van der Waals surface area contributed by atoms with Crippen molar-refractivity contribution < 1.29 is 9.21 Å². The van der Waals surface area contributed by atoms with Gasteiger partial charge in [0.25, 0.3) is 0 Å². The van der Waals surface area contributed by atoms with E-state index in [1.54, 1.807) is 0 Å². The molecule has 1 saturated carbocycles. The smallest absolute Gasteiger partial charge is 0.240 e. The molecule has 2 fully saturated rings. The maximum atomic E-state index is 13.0. The number of rotatable bonds is 5. The summed E-state index contributed by atoms with van der Waals surface area (Å²) in [5.74, 6) is 1.84. The summed E-state index contributed by atoms with van der Waals surface area (Å²) in [5, 5.41) is 3.15. The van der Waals surface area contributed by atoms with Gasteiger partial charge in [0, 0.05) is 5.56 Å². The Labute approximate surface area is 149 Å². The lowest BCUT2D eigenvalue weighted by Crippen LogP contribution is -2.56. The van der Waals surface area contributed by atoms with Crippen LogP contribution in [0, 0.1) is 0 Å². The van der Waals surface area contributed by atoms with Crippen LogP contribution in [0.1, 0.15) is 44.3 Å². The van der Waals surface area contributed by atoms with E-state index in [2.05, 4.69) is 10.2 Å². The third-order valence-corrected chi connectivity index (χ3v) is 5.71. The highest BCUT2D eigenvalue weighted by molar-refractivity contribution is 5.86. The zero-order valence-electron chi connectivity index (χ0n) is 14.7. The molecule has 4 rings (SSSR count). The Morgan fingerprint density at radius 1 is 1.00 bits per heavy atom. The predicted molar refractivity (Wildman–Crippen MR) is 98.0 cm³/mol.